The van der Waals surface area contributed by atoms with Gasteiger partial charge in [0, 0.05) is 12.0 Å². The van der Waals surface area contributed by atoms with Crippen LogP contribution in [0.25, 0.3) is 0 Å². The van der Waals surface area contributed by atoms with E-state index in [2.05, 4.69) is 0 Å². The van der Waals surface area contributed by atoms with E-state index in [1.807, 2.05) is 0 Å². The molecule has 2 atom stereocenters. The zero-order valence-electron chi connectivity index (χ0n) is 9.99. The van der Waals surface area contributed by atoms with Crippen molar-refractivity contribution in [2.24, 2.45) is 5.41 Å². The summed E-state index contributed by atoms with van der Waals surface area (Å²) in [5.41, 5.74) is -0.983. The molecule has 6 nitrogen and oxygen atoms in total. The van der Waals surface area contributed by atoms with Gasteiger partial charge in [0.05, 0.1) is 32.0 Å². The Labute approximate surface area is 101 Å². The molecule has 0 rings (SSSR count). The van der Waals surface area contributed by atoms with Crippen LogP contribution in [0.3, 0.4) is 0 Å². The van der Waals surface area contributed by atoms with Crippen LogP contribution in [0.5, 0.6) is 0 Å². The summed E-state index contributed by atoms with van der Waals surface area (Å²) < 4.78 is 0. The summed E-state index contributed by atoms with van der Waals surface area (Å²) in [6.45, 7) is -1.20. The predicted octanol–water partition coefficient (Wildman–Crippen LogP) is -1.78. The Balaban J connectivity index is 4.00. The van der Waals surface area contributed by atoms with Crippen LogP contribution in [0.15, 0.2) is 0 Å². The van der Waals surface area contributed by atoms with Crippen molar-refractivity contribution in [1.82, 2.24) is 0 Å². The number of rotatable bonds is 10. The van der Waals surface area contributed by atoms with Crippen LogP contribution in [0.1, 0.15) is 25.7 Å². The van der Waals surface area contributed by atoms with Gasteiger partial charge >= 0.3 is 0 Å². The monoisotopic (exact) mass is 252 g/mol. The Morgan fingerprint density at radius 2 is 1.24 bits per heavy atom. The Morgan fingerprint density at radius 3 is 1.65 bits per heavy atom. The van der Waals surface area contributed by atoms with E-state index in [4.69, 9.17) is 20.4 Å². The molecule has 0 aliphatic heterocycles. The average Bonchev–Trinajstić information content (AvgIpc) is 2.32. The summed E-state index contributed by atoms with van der Waals surface area (Å²) in [7, 11) is 0. The van der Waals surface area contributed by atoms with Gasteiger partial charge in [-0.3, -0.25) is 0 Å². The molecule has 0 spiro atoms. The molecule has 2 unspecified atom stereocenters. The van der Waals surface area contributed by atoms with E-state index in [9.17, 15) is 10.2 Å². The highest BCUT2D eigenvalue weighted by Crippen LogP contribution is 2.24. The summed E-state index contributed by atoms with van der Waals surface area (Å²) in [4.78, 5) is 0. The summed E-state index contributed by atoms with van der Waals surface area (Å²) in [6.07, 6.45) is -0.656. The smallest absolute Gasteiger partial charge is 0.0586 e. The molecule has 104 valence electrons. The lowest BCUT2D eigenvalue weighted by molar-refractivity contribution is -0.0151. The maximum Gasteiger partial charge on any atom is 0.0586 e. The van der Waals surface area contributed by atoms with Gasteiger partial charge in [-0.1, -0.05) is 0 Å². The van der Waals surface area contributed by atoms with Crippen molar-refractivity contribution in [3.8, 4) is 0 Å². The standard InChI is InChI=1S/C11H24O6/c12-4-2-10(17)5-9(16)1-3-11(6-13,7-14)8-15/h9-10,12-17H,1-8H2. The minimum absolute atomic E-state index is 0.137. The highest BCUT2D eigenvalue weighted by molar-refractivity contribution is 4.78. The molecule has 6 N–H and O–H groups in total. The molecule has 0 heterocycles. The quantitative estimate of drug-likeness (QED) is 0.273. The van der Waals surface area contributed by atoms with Crippen molar-refractivity contribution in [3.63, 3.8) is 0 Å². The van der Waals surface area contributed by atoms with Gasteiger partial charge < -0.3 is 30.6 Å². The Bertz CT molecular complexity index is 175. The highest BCUT2D eigenvalue weighted by atomic mass is 16.3. The minimum atomic E-state index is -0.983. The minimum Gasteiger partial charge on any atom is -0.396 e. The Kier molecular flexibility index (Phi) is 8.67. The molecule has 0 aromatic carbocycles. The average molecular weight is 252 g/mol. The molecular weight excluding hydrogens is 228 g/mol. The van der Waals surface area contributed by atoms with E-state index < -0.39 is 17.6 Å². The second-order valence-corrected chi connectivity index (χ2v) is 4.57. The van der Waals surface area contributed by atoms with E-state index in [0.29, 0.717) is 0 Å². The van der Waals surface area contributed by atoms with Gasteiger partial charge in [0.1, 0.15) is 0 Å². The van der Waals surface area contributed by atoms with Crippen molar-refractivity contribution >= 4 is 0 Å². The number of hydrogen-bond donors (Lipinski definition) is 6. The highest BCUT2D eigenvalue weighted by Gasteiger charge is 2.28. The van der Waals surface area contributed by atoms with E-state index >= 15 is 0 Å². The first-order valence-electron chi connectivity index (χ1n) is 5.83. The molecule has 17 heavy (non-hydrogen) atoms. The molecule has 6 heteroatoms. The van der Waals surface area contributed by atoms with E-state index in [1.54, 1.807) is 0 Å². The molecule has 0 saturated carbocycles. The van der Waals surface area contributed by atoms with Crippen molar-refractivity contribution in [2.45, 2.75) is 37.9 Å². The molecule has 0 saturated heterocycles. The first-order valence-corrected chi connectivity index (χ1v) is 5.83. The topological polar surface area (TPSA) is 121 Å². The fourth-order valence-corrected chi connectivity index (χ4v) is 1.56. The third kappa shape index (κ3) is 6.30. The lowest BCUT2D eigenvalue weighted by Crippen LogP contribution is -2.35. The number of hydrogen-bond acceptors (Lipinski definition) is 6. The van der Waals surface area contributed by atoms with Gasteiger partial charge in [-0.15, -0.1) is 0 Å². The lowest BCUT2D eigenvalue weighted by Gasteiger charge is -2.28. The lowest BCUT2D eigenvalue weighted by atomic mass is 9.84. The molecular formula is C11H24O6. The van der Waals surface area contributed by atoms with Crippen molar-refractivity contribution in [3.05, 3.63) is 0 Å². The van der Waals surface area contributed by atoms with Gasteiger partial charge in [0.2, 0.25) is 0 Å². The largest absolute Gasteiger partial charge is 0.396 e. The van der Waals surface area contributed by atoms with Crippen LogP contribution >= 0.6 is 0 Å². The van der Waals surface area contributed by atoms with E-state index in [1.165, 1.54) is 0 Å². The molecule has 0 bridgehead atoms. The van der Waals surface area contributed by atoms with Gasteiger partial charge in [0.25, 0.3) is 0 Å². The summed E-state index contributed by atoms with van der Waals surface area (Å²) in [6, 6.07) is 0. The second kappa shape index (κ2) is 8.79. The van der Waals surface area contributed by atoms with Crippen molar-refractivity contribution < 1.29 is 30.6 Å². The third-order valence-electron chi connectivity index (χ3n) is 3.02. The molecule has 0 aromatic heterocycles. The van der Waals surface area contributed by atoms with Crippen LogP contribution in [0, 0.1) is 5.41 Å². The third-order valence-corrected chi connectivity index (χ3v) is 3.02. The maximum absolute atomic E-state index is 9.61. The zero-order chi connectivity index (χ0) is 13.3. The molecule has 0 aliphatic rings. The summed E-state index contributed by atoms with van der Waals surface area (Å²) in [5, 5.41) is 54.8. The summed E-state index contributed by atoms with van der Waals surface area (Å²) in [5.74, 6) is 0. The Hall–Kier alpha value is -0.240. The van der Waals surface area contributed by atoms with Gasteiger partial charge in [-0.2, -0.15) is 0 Å². The molecule has 0 radical (unpaired) electrons. The normalized spacial score (nSPS) is 15.9. The fourth-order valence-electron chi connectivity index (χ4n) is 1.56. The number of aliphatic hydroxyl groups is 6. The first-order chi connectivity index (χ1) is 8.03. The zero-order valence-corrected chi connectivity index (χ0v) is 9.99. The predicted molar refractivity (Wildman–Crippen MR) is 61.3 cm³/mol. The van der Waals surface area contributed by atoms with Crippen LogP contribution < -0.4 is 0 Å². The second-order valence-electron chi connectivity index (χ2n) is 4.57. The Morgan fingerprint density at radius 1 is 0.765 bits per heavy atom. The van der Waals surface area contributed by atoms with Crippen LogP contribution in [-0.4, -0.2) is 69.3 Å². The maximum atomic E-state index is 9.61. The molecule has 0 aromatic rings. The van der Waals surface area contributed by atoms with E-state index in [0.717, 1.165) is 0 Å². The van der Waals surface area contributed by atoms with Gasteiger partial charge in [-0.05, 0) is 25.7 Å². The van der Waals surface area contributed by atoms with Crippen LogP contribution in [-0.2, 0) is 0 Å². The first kappa shape index (κ1) is 16.8. The van der Waals surface area contributed by atoms with Crippen LogP contribution in [0.4, 0.5) is 0 Å². The van der Waals surface area contributed by atoms with Gasteiger partial charge in [-0.25, -0.2) is 0 Å². The molecule has 0 aliphatic carbocycles. The SMILES string of the molecule is OCCC(O)CC(O)CCC(CO)(CO)CO. The molecule has 0 amide bonds. The van der Waals surface area contributed by atoms with Crippen molar-refractivity contribution in [1.29, 1.82) is 0 Å². The van der Waals surface area contributed by atoms with Crippen molar-refractivity contribution in [2.75, 3.05) is 26.4 Å². The fraction of sp³-hybridized carbons (Fsp3) is 1.00. The van der Waals surface area contributed by atoms with Crippen LogP contribution in [0.2, 0.25) is 0 Å². The molecule has 0 fully saturated rings. The summed E-state index contributed by atoms with van der Waals surface area (Å²) >= 11 is 0. The van der Waals surface area contributed by atoms with Gasteiger partial charge in [0.15, 0.2) is 0 Å². The number of aliphatic hydroxyl groups excluding tert-OH is 6. The van der Waals surface area contributed by atoms with E-state index in [-0.39, 0.29) is 52.1 Å².